The zero-order valence-corrected chi connectivity index (χ0v) is 8.82. The van der Waals surface area contributed by atoms with Crippen molar-refractivity contribution < 1.29 is 4.79 Å². The number of hydrogen-bond acceptors (Lipinski definition) is 2. The van der Waals surface area contributed by atoms with Crippen LogP contribution in [0.4, 0.5) is 4.79 Å². The molecule has 1 atom stereocenters. The Morgan fingerprint density at radius 1 is 1.31 bits per heavy atom. The van der Waals surface area contributed by atoms with Gasteiger partial charge in [0.2, 0.25) is 0 Å². The molecular weight excluding hydrogens is 202 g/mol. The maximum absolute atomic E-state index is 11.4. The molecule has 0 aliphatic carbocycles. The number of nitrogens with one attached hydrogen (secondary N) is 2. The lowest BCUT2D eigenvalue weighted by atomic mass is 9.97. The van der Waals surface area contributed by atoms with E-state index in [1.807, 2.05) is 30.3 Å². The Morgan fingerprint density at radius 2 is 2.00 bits per heavy atom. The van der Waals surface area contributed by atoms with Crippen LogP contribution in [0.25, 0.3) is 0 Å². The highest BCUT2D eigenvalue weighted by atomic mass is 16.2. The molecule has 1 unspecified atom stereocenters. The molecule has 16 heavy (non-hydrogen) atoms. The van der Waals surface area contributed by atoms with Gasteiger partial charge in [0, 0.05) is 5.70 Å². The van der Waals surface area contributed by atoms with Gasteiger partial charge in [-0.05, 0) is 12.5 Å². The summed E-state index contributed by atoms with van der Waals surface area (Å²) in [6.45, 7) is 1.73. The summed E-state index contributed by atoms with van der Waals surface area (Å²) < 4.78 is 0. The third kappa shape index (κ3) is 1.75. The quantitative estimate of drug-likeness (QED) is 0.747. The number of hydrogen-bond donors (Lipinski definition) is 2. The van der Waals surface area contributed by atoms with Gasteiger partial charge in [-0.25, -0.2) is 4.79 Å². The van der Waals surface area contributed by atoms with E-state index in [0.717, 1.165) is 5.56 Å². The molecule has 2 amide bonds. The molecule has 4 nitrogen and oxygen atoms in total. The van der Waals surface area contributed by atoms with E-state index in [2.05, 4.69) is 16.7 Å². The highest BCUT2D eigenvalue weighted by Crippen LogP contribution is 2.25. The minimum absolute atomic E-state index is 0.273. The Kier molecular flexibility index (Phi) is 2.61. The van der Waals surface area contributed by atoms with Gasteiger partial charge in [-0.1, -0.05) is 30.3 Å². The maximum atomic E-state index is 11.4. The van der Waals surface area contributed by atoms with Crippen LogP contribution in [0.1, 0.15) is 18.5 Å². The summed E-state index contributed by atoms with van der Waals surface area (Å²) in [6.07, 6.45) is 0. The van der Waals surface area contributed by atoms with E-state index in [9.17, 15) is 4.79 Å². The lowest BCUT2D eigenvalue weighted by Gasteiger charge is -2.25. The van der Waals surface area contributed by atoms with Gasteiger partial charge in [0.1, 0.15) is 0 Å². The van der Waals surface area contributed by atoms with Crippen molar-refractivity contribution in [2.75, 3.05) is 0 Å². The number of nitriles is 1. The zero-order valence-electron chi connectivity index (χ0n) is 8.82. The fourth-order valence-corrected chi connectivity index (χ4v) is 1.74. The second-order valence-electron chi connectivity index (χ2n) is 3.59. The van der Waals surface area contributed by atoms with Crippen LogP contribution in [0.15, 0.2) is 41.6 Å². The average molecular weight is 213 g/mol. The predicted molar refractivity (Wildman–Crippen MR) is 59.2 cm³/mol. The molecule has 1 aromatic rings. The standard InChI is InChI=1S/C12H11N3O/c1-8-10(7-13)11(15-12(16)14-8)9-5-3-2-4-6-9/h2-6,11H,1H3,(H2,14,15,16). The molecule has 2 rings (SSSR count). The van der Waals surface area contributed by atoms with Gasteiger partial charge < -0.3 is 10.6 Å². The molecule has 1 aliphatic rings. The highest BCUT2D eigenvalue weighted by Gasteiger charge is 2.25. The number of rotatable bonds is 1. The molecule has 1 aromatic carbocycles. The lowest BCUT2D eigenvalue weighted by Crippen LogP contribution is -2.43. The number of allylic oxidation sites excluding steroid dienone is 1. The first kappa shape index (κ1) is 10.2. The van der Waals surface area contributed by atoms with Crippen molar-refractivity contribution in [3.63, 3.8) is 0 Å². The summed E-state index contributed by atoms with van der Waals surface area (Å²) >= 11 is 0. The third-order valence-corrected chi connectivity index (χ3v) is 2.52. The Balaban J connectivity index is 2.45. The van der Waals surface area contributed by atoms with Crippen molar-refractivity contribution in [1.82, 2.24) is 10.6 Å². The predicted octanol–water partition coefficient (Wildman–Crippen LogP) is 1.84. The minimum atomic E-state index is -0.347. The summed E-state index contributed by atoms with van der Waals surface area (Å²) in [7, 11) is 0. The fraction of sp³-hybridized carbons (Fsp3) is 0.167. The van der Waals surface area contributed by atoms with E-state index in [-0.39, 0.29) is 12.1 Å². The maximum Gasteiger partial charge on any atom is 0.319 e. The first-order chi connectivity index (χ1) is 7.72. The number of carbonyl (C=O) groups is 1. The molecule has 0 fully saturated rings. The Morgan fingerprint density at radius 3 is 2.62 bits per heavy atom. The molecule has 80 valence electrons. The van der Waals surface area contributed by atoms with Gasteiger partial charge >= 0.3 is 6.03 Å². The Hall–Kier alpha value is -2.28. The first-order valence-electron chi connectivity index (χ1n) is 4.95. The van der Waals surface area contributed by atoms with Crippen LogP contribution in [-0.4, -0.2) is 6.03 Å². The van der Waals surface area contributed by atoms with Crippen molar-refractivity contribution in [1.29, 1.82) is 5.26 Å². The molecule has 0 saturated carbocycles. The first-order valence-corrected chi connectivity index (χ1v) is 4.95. The van der Waals surface area contributed by atoms with Crippen LogP contribution in [0, 0.1) is 11.3 Å². The van der Waals surface area contributed by atoms with E-state index in [1.165, 1.54) is 0 Å². The largest absolute Gasteiger partial charge is 0.326 e. The molecule has 0 aromatic heterocycles. The van der Waals surface area contributed by atoms with E-state index in [4.69, 9.17) is 5.26 Å². The molecule has 1 heterocycles. The molecule has 1 aliphatic heterocycles. The van der Waals surface area contributed by atoms with Gasteiger partial charge in [0.15, 0.2) is 0 Å². The van der Waals surface area contributed by atoms with Crippen LogP contribution >= 0.6 is 0 Å². The molecule has 0 bridgehead atoms. The van der Waals surface area contributed by atoms with Crippen LogP contribution in [0.2, 0.25) is 0 Å². The van der Waals surface area contributed by atoms with E-state index in [0.29, 0.717) is 11.3 Å². The summed E-state index contributed by atoms with van der Waals surface area (Å²) in [5.74, 6) is 0. The number of benzene rings is 1. The van der Waals surface area contributed by atoms with Crippen molar-refractivity contribution in [2.45, 2.75) is 13.0 Å². The summed E-state index contributed by atoms with van der Waals surface area (Å²) in [4.78, 5) is 11.4. The third-order valence-electron chi connectivity index (χ3n) is 2.52. The SMILES string of the molecule is CC1=C(C#N)C(c2ccccc2)NC(=O)N1. The molecule has 0 saturated heterocycles. The van der Waals surface area contributed by atoms with Gasteiger partial charge in [0.25, 0.3) is 0 Å². The summed E-state index contributed by atoms with van der Waals surface area (Å²) in [6, 6.07) is 10.9. The van der Waals surface area contributed by atoms with Crippen molar-refractivity contribution in [3.05, 3.63) is 47.2 Å². The second kappa shape index (κ2) is 4.07. The molecule has 2 N–H and O–H groups in total. The van der Waals surface area contributed by atoms with Gasteiger partial charge in [-0.15, -0.1) is 0 Å². The van der Waals surface area contributed by atoms with Crippen LogP contribution < -0.4 is 10.6 Å². The molecule has 4 heteroatoms. The number of amides is 2. The number of urea groups is 1. The van der Waals surface area contributed by atoms with E-state index < -0.39 is 0 Å². The van der Waals surface area contributed by atoms with E-state index in [1.54, 1.807) is 6.92 Å². The molecule has 0 spiro atoms. The molecular formula is C12H11N3O. The number of carbonyl (C=O) groups excluding carboxylic acids is 1. The average Bonchev–Trinajstić information content (AvgIpc) is 2.29. The number of nitrogens with zero attached hydrogens (tertiary/aromatic N) is 1. The summed E-state index contributed by atoms with van der Waals surface area (Å²) in [5.41, 5.74) is 2.07. The monoisotopic (exact) mass is 213 g/mol. The highest BCUT2D eigenvalue weighted by molar-refractivity contribution is 5.79. The summed E-state index contributed by atoms with van der Waals surface area (Å²) in [5, 5.41) is 14.4. The van der Waals surface area contributed by atoms with Crippen LogP contribution in [0.3, 0.4) is 0 Å². The Bertz CT molecular complexity index is 485. The van der Waals surface area contributed by atoms with Crippen molar-refractivity contribution in [2.24, 2.45) is 0 Å². The van der Waals surface area contributed by atoms with Gasteiger partial charge in [-0.3, -0.25) is 0 Å². The van der Waals surface area contributed by atoms with E-state index >= 15 is 0 Å². The van der Waals surface area contributed by atoms with Gasteiger partial charge in [0.05, 0.1) is 17.7 Å². The van der Waals surface area contributed by atoms with Crippen LogP contribution in [0.5, 0.6) is 0 Å². The fourth-order valence-electron chi connectivity index (χ4n) is 1.74. The second-order valence-corrected chi connectivity index (χ2v) is 3.59. The minimum Gasteiger partial charge on any atom is -0.326 e. The zero-order chi connectivity index (χ0) is 11.5. The van der Waals surface area contributed by atoms with Crippen LogP contribution in [-0.2, 0) is 0 Å². The lowest BCUT2D eigenvalue weighted by molar-refractivity contribution is 0.239. The normalized spacial score (nSPS) is 19.8. The Labute approximate surface area is 93.6 Å². The van der Waals surface area contributed by atoms with Crippen molar-refractivity contribution >= 4 is 6.03 Å². The topological polar surface area (TPSA) is 64.9 Å². The van der Waals surface area contributed by atoms with Gasteiger partial charge in [-0.2, -0.15) is 5.26 Å². The van der Waals surface area contributed by atoms with Crippen molar-refractivity contribution in [3.8, 4) is 6.07 Å². The molecule has 0 radical (unpaired) electrons. The smallest absolute Gasteiger partial charge is 0.319 e.